The fraction of sp³-hybridized carbons (Fsp3) is 0.625. The predicted octanol–water partition coefficient (Wildman–Crippen LogP) is 2.47. The molecule has 2 aliphatic heterocycles. The van der Waals surface area contributed by atoms with Crippen molar-refractivity contribution in [2.24, 2.45) is 0 Å². The monoisotopic (exact) mass is 312 g/mol. The van der Waals surface area contributed by atoms with E-state index in [9.17, 15) is 4.39 Å². The second-order valence-electron chi connectivity index (χ2n) is 6.00. The lowest BCUT2D eigenvalue weighted by Crippen LogP contribution is -2.54. The number of rotatable bonds is 4. The van der Waals surface area contributed by atoms with Crippen molar-refractivity contribution in [2.45, 2.75) is 37.5 Å². The maximum atomic E-state index is 13.1. The Morgan fingerprint density at radius 3 is 3.14 bits per heavy atom. The van der Waals surface area contributed by atoms with E-state index in [4.69, 9.17) is 16.3 Å². The molecule has 1 aromatic rings. The van der Waals surface area contributed by atoms with Crippen LogP contribution in [0.4, 0.5) is 4.39 Å². The Kier molecular flexibility index (Phi) is 4.79. The number of benzene rings is 1. The Morgan fingerprint density at radius 1 is 1.52 bits per heavy atom. The van der Waals surface area contributed by atoms with E-state index in [1.165, 1.54) is 31.5 Å². The summed E-state index contributed by atoms with van der Waals surface area (Å²) in [6, 6.07) is 5.40. The Morgan fingerprint density at radius 2 is 2.38 bits per heavy atom. The number of fused-ring (bicyclic) bond motifs is 1. The molecule has 1 aromatic carbocycles. The Bertz CT molecular complexity index is 499. The number of nitrogens with zero attached hydrogens (tertiary/aromatic N) is 1. The van der Waals surface area contributed by atoms with Gasteiger partial charge in [0.25, 0.3) is 0 Å². The molecule has 0 aliphatic carbocycles. The largest absolute Gasteiger partial charge is 0.374 e. The Balaban J connectivity index is 1.67. The lowest BCUT2D eigenvalue weighted by Gasteiger charge is -2.39. The summed E-state index contributed by atoms with van der Waals surface area (Å²) in [7, 11) is 1.95. The first kappa shape index (κ1) is 15.2. The SMILES string of the molecule is CNC(Cc1ccc(F)cc1Cl)C1CN2CCCC2CO1. The second-order valence-corrected chi connectivity index (χ2v) is 6.40. The summed E-state index contributed by atoms with van der Waals surface area (Å²) in [4.78, 5) is 2.53. The van der Waals surface area contributed by atoms with Crippen molar-refractivity contribution in [1.29, 1.82) is 0 Å². The highest BCUT2D eigenvalue weighted by molar-refractivity contribution is 6.31. The summed E-state index contributed by atoms with van der Waals surface area (Å²) >= 11 is 6.14. The molecule has 3 unspecified atom stereocenters. The summed E-state index contributed by atoms with van der Waals surface area (Å²) in [5.74, 6) is -0.293. The predicted molar refractivity (Wildman–Crippen MR) is 82.3 cm³/mol. The van der Waals surface area contributed by atoms with Crippen molar-refractivity contribution in [3.05, 3.63) is 34.6 Å². The first-order valence-electron chi connectivity index (χ1n) is 7.64. The zero-order valence-electron chi connectivity index (χ0n) is 12.3. The molecule has 5 heteroatoms. The van der Waals surface area contributed by atoms with Crippen molar-refractivity contribution >= 4 is 11.6 Å². The van der Waals surface area contributed by atoms with Gasteiger partial charge in [-0.25, -0.2) is 4.39 Å². The lowest BCUT2D eigenvalue weighted by molar-refractivity contribution is -0.0634. The number of likely N-dealkylation sites (N-methyl/N-ethyl adjacent to an activating group) is 1. The molecule has 0 amide bonds. The minimum absolute atomic E-state index is 0.158. The van der Waals surface area contributed by atoms with E-state index in [1.807, 2.05) is 7.05 Å². The minimum Gasteiger partial charge on any atom is -0.374 e. The molecule has 0 aromatic heterocycles. The molecule has 2 heterocycles. The minimum atomic E-state index is -0.293. The molecule has 0 bridgehead atoms. The van der Waals surface area contributed by atoms with Gasteiger partial charge in [-0.2, -0.15) is 0 Å². The van der Waals surface area contributed by atoms with E-state index in [0.29, 0.717) is 11.1 Å². The van der Waals surface area contributed by atoms with Crippen LogP contribution in [-0.4, -0.2) is 49.8 Å². The molecular weight excluding hydrogens is 291 g/mol. The number of hydrogen-bond acceptors (Lipinski definition) is 3. The van der Waals surface area contributed by atoms with E-state index < -0.39 is 0 Å². The van der Waals surface area contributed by atoms with Crippen LogP contribution in [0.15, 0.2) is 18.2 Å². The van der Waals surface area contributed by atoms with Crippen LogP contribution in [0.1, 0.15) is 18.4 Å². The molecule has 1 N–H and O–H groups in total. The van der Waals surface area contributed by atoms with E-state index in [1.54, 1.807) is 6.07 Å². The summed E-state index contributed by atoms with van der Waals surface area (Å²) in [6.07, 6.45) is 3.43. The highest BCUT2D eigenvalue weighted by atomic mass is 35.5. The van der Waals surface area contributed by atoms with Crippen LogP contribution < -0.4 is 5.32 Å². The van der Waals surface area contributed by atoms with Crippen molar-refractivity contribution in [1.82, 2.24) is 10.2 Å². The van der Waals surface area contributed by atoms with Crippen LogP contribution in [0, 0.1) is 5.82 Å². The first-order chi connectivity index (χ1) is 10.2. The summed E-state index contributed by atoms with van der Waals surface area (Å²) in [6.45, 7) is 2.97. The van der Waals surface area contributed by atoms with Gasteiger partial charge in [0.2, 0.25) is 0 Å². The molecule has 2 fully saturated rings. The molecular formula is C16H22ClFN2O. The highest BCUT2D eigenvalue weighted by Crippen LogP contribution is 2.26. The molecule has 3 atom stereocenters. The van der Waals surface area contributed by atoms with Gasteiger partial charge in [-0.3, -0.25) is 4.90 Å². The molecule has 3 rings (SSSR count). The average Bonchev–Trinajstić information content (AvgIpc) is 2.94. The fourth-order valence-electron chi connectivity index (χ4n) is 3.43. The molecule has 116 valence electrons. The van der Waals surface area contributed by atoms with E-state index in [2.05, 4.69) is 10.2 Å². The molecule has 0 saturated carbocycles. The van der Waals surface area contributed by atoms with Crippen molar-refractivity contribution in [3.8, 4) is 0 Å². The van der Waals surface area contributed by atoms with Gasteiger partial charge in [0, 0.05) is 23.7 Å². The third-order valence-corrected chi connectivity index (χ3v) is 5.04. The van der Waals surface area contributed by atoms with Gasteiger partial charge in [-0.15, -0.1) is 0 Å². The van der Waals surface area contributed by atoms with Gasteiger partial charge in [0.1, 0.15) is 5.82 Å². The molecule has 2 saturated heterocycles. The van der Waals surface area contributed by atoms with Crippen LogP contribution in [0.3, 0.4) is 0 Å². The van der Waals surface area contributed by atoms with Crippen LogP contribution in [0.25, 0.3) is 0 Å². The number of nitrogens with one attached hydrogen (secondary N) is 1. The van der Waals surface area contributed by atoms with Crippen LogP contribution >= 0.6 is 11.6 Å². The van der Waals surface area contributed by atoms with Crippen LogP contribution in [0.2, 0.25) is 5.02 Å². The number of ether oxygens (including phenoxy) is 1. The normalized spacial score (nSPS) is 27.6. The van der Waals surface area contributed by atoms with E-state index in [-0.39, 0.29) is 18.0 Å². The average molecular weight is 313 g/mol. The topological polar surface area (TPSA) is 24.5 Å². The summed E-state index contributed by atoms with van der Waals surface area (Å²) in [5, 5.41) is 3.83. The number of morpholine rings is 1. The second kappa shape index (κ2) is 6.61. The number of halogens is 2. The molecule has 21 heavy (non-hydrogen) atoms. The standard InChI is InChI=1S/C16H22ClFN2O/c1-19-15(7-11-4-5-12(18)8-14(11)17)16-9-20-6-2-3-13(20)10-21-16/h4-5,8,13,15-16,19H,2-3,6-7,9-10H2,1H3. The van der Waals surface area contributed by atoms with Gasteiger partial charge in [-0.05, 0) is 50.6 Å². The van der Waals surface area contributed by atoms with Gasteiger partial charge in [-0.1, -0.05) is 17.7 Å². The molecule has 2 aliphatic rings. The highest BCUT2D eigenvalue weighted by Gasteiger charge is 2.35. The van der Waals surface area contributed by atoms with Crippen molar-refractivity contribution in [3.63, 3.8) is 0 Å². The molecule has 3 nitrogen and oxygen atoms in total. The van der Waals surface area contributed by atoms with Crippen molar-refractivity contribution < 1.29 is 9.13 Å². The molecule has 0 spiro atoms. The van der Waals surface area contributed by atoms with Gasteiger partial charge >= 0.3 is 0 Å². The number of hydrogen-bond donors (Lipinski definition) is 1. The third-order valence-electron chi connectivity index (χ3n) is 4.69. The van der Waals surface area contributed by atoms with Crippen LogP contribution in [-0.2, 0) is 11.2 Å². The summed E-state index contributed by atoms with van der Waals surface area (Å²) in [5.41, 5.74) is 0.963. The zero-order chi connectivity index (χ0) is 14.8. The van der Waals surface area contributed by atoms with Gasteiger partial charge in [0.05, 0.1) is 12.7 Å². The Hall–Kier alpha value is -0.680. The third kappa shape index (κ3) is 3.39. The maximum absolute atomic E-state index is 13.1. The van der Waals surface area contributed by atoms with Gasteiger partial charge in [0.15, 0.2) is 0 Å². The first-order valence-corrected chi connectivity index (χ1v) is 8.02. The lowest BCUT2D eigenvalue weighted by atomic mass is 9.99. The molecule has 0 radical (unpaired) electrons. The van der Waals surface area contributed by atoms with Crippen molar-refractivity contribution in [2.75, 3.05) is 26.7 Å². The van der Waals surface area contributed by atoms with Gasteiger partial charge < -0.3 is 10.1 Å². The van der Waals surface area contributed by atoms with E-state index >= 15 is 0 Å². The van der Waals surface area contributed by atoms with Crippen LogP contribution in [0.5, 0.6) is 0 Å². The maximum Gasteiger partial charge on any atom is 0.124 e. The quantitative estimate of drug-likeness (QED) is 0.924. The van der Waals surface area contributed by atoms with E-state index in [0.717, 1.165) is 25.1 Å². The Labute approximate surface area is 130 Å². The summed E-state index contributed by atoms with van der Waals surface area (Å²) < 4.78 is 19.2. The smallest absolute Gasteiger partial charge is 0.124 e. The zero-order valence-corrected chi connectivity index (χ0v) is 13.1. The fourth-order valence-corrected chi connectivity index (χ4v) is 3.67.